The summed E-state index contributed by atoms with van der Waals surface area (Å²) in [5.41, 5.74) is 1.31. The summed E-state index contributed by atoms with van der Waals surface area (Å²) in [4.78, 5) is 0. The van der Waals surface area contributed by atoms with Crippen molar-refractivity contribution in [1.82, 2.24) is 0 Å². The molecular weight excluding hydrogens is 291 g/mol. The highest BCUT2D eigenvalue weighted by molar-refractivity contribution is 7.80. The molecule has 2 aromatic carbocycles. The summed E-state index contributed by atoms with van der Waals surface area (Å²) >= 11 is 5.19. The van der Waals surface area contributed by atoms with E-state index in [2.05, 4.69) is 10.6 Å². The lowest BCUT2D eigenvalue weighted by molar-refractivity contribution is 0.387. The Morgan fingerprint density at radius 3 is 2.33 bits per heavy atom. The fourth-order valence-electron chi connectivity index (χ4n) is 1.74. The average Bonchev–Trinajstić information content (AvgIpc) is 2.47. The van der Waals surface area contributed by atoms with Gasteiger partial charge in [-0.2, -0.15) is 0 Å². The molecule has 0 unspecified atom stereocenters. The van der Waals surface area contributed by atoms with E-state index in [9.17, 15) is 4.39 Å². The first-order valence-electron chi connectivity index (χ1n) is 6.18. The molecule has 4 nitrogen and oxygen atoms in total. The maximum atomic E-state index is 13.6. The number of rotatable bonds is 4. The summed E-state index contributed by atoms with van der Waals surface area (Å²) in [6, 6.07) is 11.9. The molecule has 0 aromatic heterocycles. The van der Waals surface area contributed by atoms with Crippen molar-refractivity contribution in [3.05, 3.63) is 48.3 Å². The number of ether oxygens (including phenoxy) is 2. The van der Waals surface area contributed by atoms with Crippen LogP contribution >= 0.6 is 12.2 Å². The second kappa shape index (κ2) is 6.90. The Hall–Kier alpha value is -2.34. The van der Waals surface area contributed by atoms with E-state index >= 15 is 0 Å². The van der Waals surface area contributed by atoms with Crippen molar-refractivity contribution in [2.45, 2.75) is 0 Å². The van der Waals surface area contributed by atoms with Gasteiger partial charge in [0, 0.05) is 23.5 Å². The molecule has 21 heavy (non-hydrogen) atoms. The summed E-state index contributed by atoms with van der Waals surface area (Å²) < 4.78 is 23.6. The van der Waals surface area contributed by atoms with Gasteiger partial charge in [0.1, 0.15) is 5.75 Å². The average molecular weight is 306 g/mol. The first-order valence-corrected chi connectivity index (χ1v) is 6.59. The summed E-state index contributed by atoms with van der Waals surface area (Å²) in [6.07, 6.45) is 0. The van der Waals surface area contributed by atoms with Crippen molar-refractivity contribution in [3.63, 3.8) is 0 Å². The van der Waals surface area contributed by atoms with Crippen LogP contribution < -0.4 is 20.1 Å². The topological polar surface area (TPSA) is 42.5 Å². The summed E-state index contributed by atoms with van der Waals surface area (Å²) in [7, 11) is 3.01. The molecular formula is C15H15FN2O2S. The Labute approximate surface area is 127 Å². The SMILES string of the molecule is COc1cccc(NC(=S)Nc2ccc(OC)c(F)c2)c1. The third kappa shape index (κ3) is 4.06. The maximum Gasteiger partial charge on any atom is 0.175 e. The quantitative estimate of drug-likeness (QED) is 0.844. The molecule has 0 saturated heterocycles. The van der Waals surface area contributed by atoms with Gasteiger partial charge in [0.05, 0.1) is 14.2 Å². The molecule has 0 radical (unpaired) electrons. The van der Waals surface area contributed by atoms with Gasteiger partial charge in [0.15, 0.2) is 16.7 Å². The van der Waals surface area contributed by atoms with Gasteiger partial charge in [-0.25, -0.2) is 4.39 Å². The molecule has 0 atom stereocenters. The van der Waals surface area contributed by atoms with Gasteiger partial charge in [-0.05, 0) is 36.5 Å². The zero-order valence-corrected chi connectivity index (χ0v) is 12.5. The molecule has 0 spiro atoms. The minimum atomic E-state index is -0.452. The highest BCUT2D eigenvalue weighted by atomic mass is 32.1. The second-order valence-corrected chi connectivity index (χ2v) is 4.57. The van der Waals surface area contributed by atoms with Crippen molar-refractivity contribution in [3.8, 4) is 11.5 Å². The molecule has 0 amide bonds. The minimum Gasteiger partial charge on any atom is -0.497 e. The van der Waals surface area contributed by atoms with Crippen LogP contribution in [0.2, 0.25) is 0 Å². The minimum absolute atomic E-state index is 0.187. The fourth-order valence-corrected chi connectivity index (χ4v) is 1.97. The normalized spacial score (nSPS) is 9.86. The van der Waals surface area contributed by atoms with Crippen LogP contribution in [0.4, 0.5) is 15.8 Å². The van der Waals surface area contributed by atoms with Crippen LogP contribution in [-0.2, 0) is 0 Å². The molecule has 2 N–H and O–H groups in total. The first-order chi connectivity index (χ1) is 10.1. The number of methoxy groups -OCH3 is 2. The summed E-state index contributed by atoms with van der Waals surface area (Å²) in [5.74, 6) is 0.456. The molecule has 0 aliphatic rings. The first kappa shape index (κ1) is 15.1. The third-order valence-electron chi connectivity index (χ3n) is 2.74. The van der Waals surface area contributed by atoms with Crippen molar-refractivity contribution in [1.29, 1.82) is 0 Å². The van der Waals surface area contributed by atoms with E-state index in [1.54, 1.807) is 13.2 Å². The number of hydrogen-bond acceptors (Lipinski definition) is 3. The van der Waals surface area contributed by atoms with Crippen LogP contribution in [0, 0.1) is 5.82 Å². The lowest BCUT2D eigenvalue weighted by Gasteiger charge is -2.12. The molecule has 0 heterocycles. The number of thiocarbonyl (C=S) groups is 1. The Balaban J connectivity index is 2.02. The fraction of sp³-hybridized carbons (Fsp3) is 0.133. The Morgan fingerprint density at radius 1 is 1.00 bits per heavy atom. The Bertz CT molecular complexity index is 649. The van der Waals surface area contributed by atoms with Gasteiger partial charge in [0.25, 0.3) is 0 Å². The zero-order valence-electron chi connectivity index (χ0n) is 11.6. The maximum absolute atomic E-state index is 13.6. The monoisotopic (exact) mass is 306 g/mol. The van der Waals surface area contributed by atoms with Gasteiger partial charge in [0.2, 0.25) is 0 Å². The molecule has 0 fully saturated rings. The van der Waals surface area contributed by atoms with Crippen LogP contribution in [-0.4, -0.2) is 19.3 Å². The van der Waals surface area contributed by atoms with Crippen molar-refractivity contribution in [2.24, 2.45) is 0 Å². The van der Waals surface area contributed by atoms with Crippen LogP contribution in [0.15, 0.2) is 42.5 Å². The number of halogens is 1. The molecule has 0 saturated carbocycles. The lowest BCUT2D eigenvalue weighted by Crippen LogP contribution is -2.19. The largest absolute Gasteiger partial charge is 0.497 e. The zero-order chi connectivity index (χ0) is 15.2. The lowest BCUT2D eigenvalue weighted by atomic mass is 10.3. The number of hydrogen-bond donors (Lipinski definition) is 2. The van der Waals surface area contributed by atoms with Crippen LogP contribution in [0.1, 0.15) is 0 Å². The smallest absolute Gasteiger partial charge is 0.175 e. The van der Waals surface area contributed by atoms with Crippen LogP contribution in [0.5, 0.6) is 11.5 Å². The van der Waals surface area contributed by atoms with E-state index < -0.39 is 5.82 Å². The molecule has 2 rings (SSSR count). The van der Waals surface area contributed by atoms with E-state index in [0.717, 1.165) is 11.4 Å². The highest BCUT2D eigenvalue weighted by Gasteiger charge is 2.05. The molecule has 0 bridgehead atoms. The van der Waals surface area contributed by atoms with Gasteiger partial charge in [-0.3, -0.25) is 0 Å². The van der Waals surface area contributed by atoms with Crippen molar-refractivity contribution < 1.29 is 13.9 Å². The third-order valence-corrected chi connectivity index (χ3v) is 2.94. The molecule has 110 valence electrons. The van der Waals surface area contributed by atoms with Gasteiger partial charge >= 0.3 is 0 Å². The van der Waals surface area contributed by atoms with E-state index in [4.69, 9.17) is 21.7 Å². The summed E-state index contributed by atoms with van der Waals surface area (Å²) in [5, 5.41) is 6.26. The molecule has 0 aliphatic carbocycles. The highest BCUT2D eigenvalue weighted by Crippen LogP contribution is 2.21. The van der Waals surface area contributed by atoms with E-state index in [1.165, 1.54) is 19.2 Å². The summed E-state index contributed by atoms with van der Waals surface area (Å²) in [6.45, 7) is 0. The molecule has 2 aromatic rings. The number of benzene rings is 2. The molecule has 6 heteroatoms. The van der Waals surface area contributed by atoms with Gasteiger partial charge in [-0.1, -0.05) is 6.07 Å². The molecule has 0 aliphatic heterocycles. The van der Waals surface area contributed by atoms with E-state index in [-0.39, 0.29) is 5.75 Å². The second-order valence-electron chi connectivity index (χ2n) is 4.16. The van der Waals surface area contributed by atoms with Crippen LogP contribution in [0.25, 0.3) is 0 Å². The standard InChI is InChI=1S/C15H15FN2O2S/c1-19-12-5-3-4-10(8-12)17-15(21)18-11-6-7-14(20-2)13(16)9-11/h3-9H,1-2H3,(H2,17,18,21). The number of nitrogens with one attached hydrogen (secondary N) is 2. The number of anilines is 2. The van der Waals surface area contributed by atoms with Crippen LogP contribution in [0.3, 0.4) is 0 Å². The predicted octanol–water partition coefficient (Wildman–Crippen LogP) is 3.65. The predicted molar refractivity (Wildman–Crippen MR) is 85.8 cm³/mol. The van der Waals surface area contributed by atoms with Crippen molar-refractivity contribution in [2.75, 3.05) is 24.9 Å². The Morgan fingerprint density at radius 2 is 1.71 bits per heavy atom. The van der Waals surface area contributed by atoms with Gasteiger partial charge in [-0.15, -0.1) is 0 Å². The Kier molecular flexibility index (Phi) is 4.94. The van der Waals surface area contributed by atoms with Gasteiger partial charge < -0.3 is 20.1 Å². The van der Waals surface area contributed by atoms with E-state index in [0.29, 0.717) is 10.8 Å². The van der Waals surface area contributed by atoms with Crippen molar-refractivity contribution >= 4 is 28.7 Å². The van der Waals surface area contributed by atoms with E-state index in [1.807, 2.05) is 24.3 Å².